The summed E-state index contributed by atoms with van der Waals surface area (Å²) < 4.78 is 23.3. The van der Waals surface area contributed by atoms with Crippen molar-refractivity contribution >= 4 is 27.2 Å². The molecular weight excluding hydrogens is 320 g/mol. The third-order valence-electron chi connectivity index (χ3n) is 4.16. The highest BCUT2D eigenvalue weighted by atomic mass is 32.2. The van der Waals surface area contributed by atoms with E-state index in [9.17, 15) is 13.2 Å². The van der Waals surface area contributed by atoms with Crippen LogP contribution in [0, 0.1) is 0 Å². The Kier molecular flexibility index (Phi) is 5.86. The van der Waals surface area contributed by atoms with Gasteiger partial charge in [-0.3, -0.25) is 0 Å². The van der Waals surface area contributed by atoms with E-state index in [2.05, 4.69) is 23.6 Å². The largest absolute Gasteiger partial charge is 0.338 e. The monoisotopic (exact) mass is 344 g/mol. The molecular formula is C15H24N2O3S2. The minimum Gasteiger partial charge on any atom is -0.338 e. The molecule has 1 aromatic rings. The molecule has 2 amide bonds. The van der Waals surface area contributed by atoms with Gasteiger partial charge in [-0.2, -0.15) is 0 Å². The van der Waals surface area contributed by atoms with Gasteiger partial charge in [-0.1, -0.05) is 19.4 Å². The molecule has 1 fully saturated rings. The lowest BCUT2D eigenvalue weighted by Crippen LogP contribution is -2.46. The highest BCUT2D eigenvalue weighted by Crippen LogP contribution is 2.24. The predicted molar refractivity (Wildman–Crippen MR) is 90.2 cm³/mol. The number of nitrogens with one attached hydrogen (secondary N) is 2. The minimum absolute atomic E-state index is 0.0504. The molecule has 22 heavy (non-hydrogen) atoms. The normalized spacial score (nSPS) is 23.7. The molecule has 5 nitrogen and oxygen atoms in total. The molecule has 1 aliphatic rings. The molecule has 7 heteroatoms. The second-order valence-corrected chi connectivity index (χ2v) is 9.39. The summed E-state index contributed by atoms with van der Waals surface area (Å²) in [6.45, 7) is 2.65. The molecule has 1 heterocycles. The van der Waals surface area contributed by atoms with Gasteiger partial charge in [0.25, 0.3) is 0 Å². The van der Waals surface area contributed by atoms with Gasteiger partial charge in [0, 0.05) is 29.6 Å². The molecule has 0 aromatic carbocycles. The van der Waals surface area contributed by atoms with Crippen molar-refractivity contribution < 1.29 is 13.2 Å². The summed E-state index contributed by atoms with van der Waals surface area (Å²) >= 11 is 1.68. The van der Waals surface area contributed by atoms with Crippen LogP contribution in [0.15, 0.2) is 17.5 Å². The predicted octanol–water partition coefficient (Wildman–Crippen LogP) is 2.51. The van der Waals surface area contributed by atoms with E-state index in [-0.39, 0.29) is 23.2 Å². The van der Waals surface area contributed by atoms with E-state index in [1.807, 2.05) is 11.4 Å². The summed E-state index contributed by atoms with van der Waals surface area (Å²) in [5, 5.41) is 7.49. The highest BCUT2D eigenvalue weighted by Gasteiger charge is 2.29. The first-order chi connectivity index (χ1) is 10.4. The summed E-state index contributed by atoms with van der Waals surface area (Å²) in [4.78, 5) is 13.2. The van der Waals surface area contributed by atoms with E-state index in [0.29, 0.717) is 19.4 Å². The van der Waals surface area contributed by atoms with Crippen molar-refractivity contribution in [3.8, 4) is 0 Å². The topological polar surface area (TPSA) is 75.3 Å². The SMILES string of the molecule is C[C@H](CNC(=O)N[C@@H]1CCC[C@H](S(C)(=O)=O)C1)c1cccs1. The van der Waals surface area contributed by atoms with Gasteiger partial charge in [0.2, 0.25) is 0 Å². The maximum absolute atomic E-state index is 12.0. The fraction of sp³-hybridized carbons (Fsp3) is 0.667. The molecule has 1 aliphatic carbocycles. The Balaban J connectivity index is 1.77. The van der Waals surface area contributed by atoms with Gasteiger partial charge in [0.15, 0.2) is 0 Å². The Bertz CT molecular complexity index is 584. The maximum Gasteiger partial charge on any atom is 0.315 e. The summed E-state index contributed by atoms with van der Waals surface area (Å²) in [7, 11) is -3.02. The lowest BCUT2D eigenvalue weighted by Gasteiger charge is -2.28. The van der Waals surface area contributed by atoms with E-state index in [4.69, 9.17) is 0 Å². The third-order valence-corrected chi connectivity index (χ3v) is 6.91. The number of thiophene rings is 1. The van der Waals surface area contributed by atoms with Crippen molar-refractivity contribution in [1.82, 2.24) is 10.6 Å². The zero-order valence-electron chi connectivity index (χ0n) is 13.0. The zero-order chi connectivity index (χ0) is 16.2. The van der Waals surface area contributed by atoms with Gasteiger partial charge in [0.1, 0.15) is 9.84 Å². The quantitative estimate of drug-likeness (QED) is 0.862. The summed E-state index contributed by atoms with van der Waals surface area (Å²) in [5.74, 6) is 0.279. The average Bonchev–Trinajstić information content (AvgIpc) is 2.98. The lowest BCUT2D eigenvalue weighted by atomic mass is 9.95. The van der Waals surface area contributed by atoms with Crippen LogP contribution in [0.5, 0.6) is 0 Å². The minimum atomic E-state index is -3.02. The van der Waals surface area contributed by atoms with Crippen LogP contribution in [0.25, 0.3) is 0 Å². The number of carbonyl (C=O) groups is 1. The van der Waals surface area contributed by atoms with Crippen LogP contribution in [-0.2, 0) is 9.84 Å². The number of carbonyl (C=O) groups excluding carboxylic acids is 1. The molecule has 0 bridgehead atoms. The standard InChI is InChI=1S/C15H24N2O3S2/c1-11(14-7-4-8-21-14)10-16-15(18)17-12-5-3-6-13(9-12)22(2,19)20/h4,7-8,11-13H,3,5-6,9-10H2,1-2H3,(H2,16,17,18)/t11-,12-,13+/m1/s1. The van der Waals surface area contributed by atoms with Crippen LogP contribution in [0.4, 0.5) is 4.79 Å². The number of amides is 2. The van der Waals surface area contributed by atoms with E-state index in [1.54, 1.807) is 11.3 Å². The van der Waals surface area contributed by atoms with E-state index in [1.165, 1.54) is 11.1 Å². The molecule has 0 radical (unpaired) electrons. The van der Waals surface area contributed by atoms with Crippen molar-refractivity contribution in [2.24, 2.45) is 0 Å². The van der Waals surface area contributed by atoms with Gasteiger partial charge in [-0.05, 0) is 30.7 Å². The van der Waals surface area contributed by atoms with Crippen LogP contribution in [0.1, 0.15) is 43.4 Å². The number of hydrogen-bond donors (Lipinski definition) is 2. The van der Waals surface area contributed by atoms with E-state index < -0.39 is 9.84 Å². The second kappa shape index (κ2) is 7.46. The Labute approximate surface area is 136 Å². The molecule has 2 N–H and O–H groups in total. The van der Waals surface area contributed by atoms with Gasteiger partial charge in [0.05, 0.1) is 5.25 Å². The summed E-state index contributed by atoms with van der Waals surface area (Å²) in [5.41, 5.74) is 0. The second-order valence-electron chi connectivity index (χ2n) is 6.09. The van der Waals surface area contributed by atoms with Gasteiger partial charge < -0.3 is 10.6 Å². The highest BCUT2D eigenvalue weighted by molar-refractivity contribution is 7.91. The van der Waals surface area contributed by atoms with Gasteiger partial charge >= 0.3 is 6.03 Å². The van der Waals surface area contributed by atoms with E-state index >= 15 is 0 Å². The first-order valence-corrected chi connectivity index (χ1v) is 10.5. The third kappa shape index (κ3) is 4.98. The smallest absolute Gasteiger partial charge is 0.315 e. The van der Waals surface area contributed by atoms with Crippen molar-refractivity contribution in [2.45, 2.75) is 49.8 Å². The van der Waals surface area contributed by atoms with Crippen LogP contribution < -0.4 is 10.6 Å². The van der Waals surface area contributed by atoms with Gasteiger partial charge in [-0.15, -0.1) is 11.3 Å². The molecule has 2 rings (SSSR count). The van der Waals surface area contributed by atoms with E-state index in [0.717, 1.165) is 12.8 Å². The molecule has 0 saturated heterocycles. The summed E-state index contributed by atoms with van der Waals surface area (Å²) in [6.07, 6.45) is 4.19. The first kappa shape index (κ1) is 17.3. The molecule has 0 spiro atoms. The molecule has 1 aromatic heterocycles. The molecule has 0 unspecified atom stereocenters. The van der Waals surface area contributed by atoms with Gasteiger partial charge in [-0.25, -0.2) is 13.2 Å². The fourth-order valence-corrected chi connectivity index (χ4v) is 4.78. The Morgan fingerprint density at radius 2 is 2.23 bits per heavy atom. The number of sulfone groups is 1. The van der Waals surface area contributed by atoms with Crippen LogP contribution in [-0.4, -0.2) is 38.5 Å². The number of urea groups is 1. The maximum atomic E-state index is 12.0. The molecule has 1 saturated carbocycles. The Morgan fingerprint density at radius 1 is 1.45 bits per heavy atom. The molecule has 3 atom stereocenters. The van der Waals surface area contributed by atoms with Crippen molar-refractivity contribution in [2.75, 3.05) is 12.8 Å². The Hall–Kier alpha value is -1.08. The molecule has 124 valence electrons. The van der Waals surface area contributed by atoms with Crippen LogP contribution in [0.3, 0.4) is 0 Å². The molecule has 0 aliphatic heterocycles. The average molecular weight is 345 g/mol. The summed E-state index contributed by atoms with van der Waals surface area (Å²) in [6, 6.07) is 3.81. The van der Waals surface area contributed by atoms with Crippen molar-refractivity contribution in [3.05, 3.63) is 22.4 Å². The fourth-order valence-electron chi connectivity index (χ4n) is 2.82. The first-order valence-electron chi connectivity index (χ1n) is 7.63. The van der Waals surface area contributed by atoms with Crippen molar-refractivity contribution in [3.63, 3.8) is 0 Å². The van der Waals surface area contributed by atoms with Crippen LogP contribution >= 0.6 is 11.3 Å². The lowest BCUT2D eigenvalue weighted by molar-refractivity contribution is 0.232. The number of hydrogen-bond acceptors (Lipinski definition) is 4. The number of rotatable bonds is 5. The van der Waals surface area contributed by atoms with Crippen LogP contribution in [0.2, 0.25) is 0 Å². The Morgan fingerprint density at radius 3 is 2.86 bits per heavy atom. The van der Waals surface area contributed by atoms with Crippen molar-refractivity contribution in [1.29, 1.82) is 0 Å². The zero-order valence-corrected chi connectivity index (χ0v) is 14.7.